The van der Waals surface area contributed by atoms with E-state index in [0.717, 1.165) is 32.8 Å². The molecule has 0 saturated carbocycles. The number of rotatable bonds is 28. The van der Waals surface area contributed by atoms with Crippen molar-refractivity contribution in [3.05, 3.63) is 0 Å². The zero-order valence-corrected chi connectivity index (χ0v) is 22.2. The van der Waals surface area contributed by atoms with E-state index in [2.05, 4.69) is 20.8 Å². The van der Waals surface area contributed by atoms with Crippen LogP contribution in [0.3, 0.4) is 0 Å². The molecule has 0 radical (unpaired) electrons. The average Bonchev–Trinajstić information content (AvgIpc) is 2.81. The van der Waals surface area contributed by atoms with E-state index in [0.29, 0.717) is 32.3 Å². The number of hydrogen-bond donors (Lipinski definition) is 0. The van der Waals surface area contributed by atoms with Crippen LogP contribution in [0.2, 0.25) is 0 Å². The zero-order valence-electron chi connectivity index (χ0n) is 22.2. The summed E-state index contributed by atoms with van der Waals surface area (Å²) in [7, 11) is 0. The standard InChI is InChI=1S/C28H58O4/c1-4-7-9-10-11-12-13-16-20-29-21-17-14-15-18-22-30-23-24-31-25-26-32-27-28(6-3)19-8-5-2/h28H,4-27H2,1-3H3. The minimum Gasteiger partial charge on any atom is -0.381 e. The van der Waals surface area contributed by atoms with Crippen molar-refractivity contribution in [3.8, 4) is 0 Å². The second kappa shape index (κ2) is 28.9. The van der Waals surface area contributed by atoms with Crippen LogP contribution in [0.25, 0.3) is 0 Å². The molecule has 0 fully saturated rings. The maximum absolute atomic E-state index is 5.76. The van der Waals surface area contributed by atoms with E-state index < -0.39 is 0 Å². The third kappa shape index (κ3) is 26.1. The van der Waals surface area contributed by atoms with Crippen molar-refractivity contribution in [1.29, 1.82) is 0 Å². The molecule has 0 aromatic heterocycles. The van der Waals surface area contributed by atoms with Crippen molar-refractivity contribution in [2.45, 2.75) is 124 Å². The molecule has 0 aliphatic rings. The SMILES string of the molecule is CCCCCCCCCCOCCCCCCOCCOCCOCC(CC)CCCC. The smallest absolute Gasteiger partial charge is 0.0701 e. The summed E-state index contributed by atoms with van der Waals surface area (Å²) in [6, 6.07) is 0. The van der Waals surface area contributed by atoms with Crippen molar-refractivity contribution in [2.75, 3.05) is 52.9 Å². The lowest BCUT2D eigenvalue weighted by atomic mass is 10.0. The van der Waals surface area contributed by atoms with Gasteiger partial charge in [-0.1, -0.05) is 97.8 Å². The van der Waals surface area contributed by atoms with Crippen molar-refractivity contribution >= 4 is 0 Å². The van der Waals surface area contributed by atoms with Gasteiger partial charge in [0, 0.05) is 26.4 Å². The molecule has 0 heterocycles. The van der Waals surface area contributed by atoms with Gasteiger partial charge in [0.15, 0.2) is 0 Å². The Kier molecular flexibility index (Phi) is 28.7. The molecule has 0 N–H and O–H groups in total. The Balaban J connectivity index is 3.09. The van der Waals surface area contributed by atoms with Gasteiger partial charge >= 0.3 is 0 Å². The molecule has 0 aromatic carbocycles. The molecule has 4 nitrogen and oxygen atoms in total. The predicted octanol–water partition coefficient (Wildman–Crippen LogP) is 7.97. The third-order valence-corrected chi connectivity index (χ3v) is 6.11. The summed E-state index contributed by atoms with van der Waals surface area (Å²) in [5, 5.41) is 0. The molecule has 1 unspecified atom stereocenters. The highest BCUT2D eigenvalue weighted by Gasteiger charge is 2.05. The molecular formula is C28H58O4. The third-order valence-electron chi connectivity index (χ3n) is 6.11. The Morgan fingerprint density at radius 1 is 0.406 bits per heavy atom. The van der Waals surface area contributed by atoms with Crippen LogP contribution in [0.4, 0.5) is 0 Å². The normalized spacial score (nSPS) is 12.5. The first-order valence-corrected chi connectivity index (χ1v) is 14.2. The van der Waals surface area contributed by atoms with E-state index in [1.165, 1.54) is 96.3 Å². The van der Waals surface area contributed by atoms with E-state index >= 15 is 0 Å². The first-order valence-electron chi connectivity index (χ1n) is 14.2. The lowest BCUT2D eigenvalue weighted by Gasteiger charge is -2.14. The van der Waals surface area contributed by atoms with E-state index in [1.54, 1.807) is 0 Å². The molecule has 0 bridgehead atoms. The van der Waals surface area contributed by atoms with Gasteiger partial charge in [-0.3, -0.25) is 0 Å². The second-order valence-corrected chi connectivity index (χ2v) is 9.22. The van der Waals surface area contributed by atoms with Crippen molar-refractivity contribution in [1.82, 2.24) is 0 Å². The number of hydrogen-bond acceptors (Lipinski definition) is 4. The van der Waals surface area contributed by atoms with Crippen molar-refractivity contribution < 1.29 is 18.9 Å². The second-order valence-electron chi connectivity index (χ2n) is 9.22. The van der Waals surface area contributed by atoms with Gasteiger partial charge in [-0.05, 0) is 31.6 Å². The maximum Gasteiger partial charge on any atom is 0.0701 e. The van der Waals surface area contributed by atoms with Gasteiger partial charge in [0.2, 0.25) is 0 Å². The van der Waals surface area contributed by atoms with Crippen LogP contribution in [-0.2, 0) is 18.9 Å². The maximum atomic E-state index is 5.76. The average molecular weight is 459 g/mol. The van der Waals surface area contributed by atoms with Crippen LogP contribution in [0.15, 0.2) is 0 Å². The van der Waals surface area contributed by atoms with Crippen LogP contribution in [-0.4, -0.2) is 52.9 Å². The molecule has 0 spiro atoms. The minimum atomic E-state index is 0.670. The fourth-order valence-electron chi connectivity index (χ4n) is 3.79. The fourth-order valence-corrected chi connectivity index (χ4v) is 3.79. The Hall–Kier alpha value is -0.160. The molecule has 0 aromatic rings. The Morgan fingerprint density at radius 2 is 0.812 bits per heavy atom. The van der Waals surface area contributed by atoms with Crippen LogP contribution in [0.5, 0.6) is 0 Å². The number of unbranched alkanes of at least 4 members (excludes halogenated alkanes) is 11. The Labute approximate surface area is 201 Å². The summed E-state index contributed by atoms with van der Waals surface area (Å²) in [5.74, 6) is 0.708. The summed E-state index contributed by atoms with van der Waals surface area (Å²) in [4.78, 5) is 0. The monoisotopic (exact) mass is 458 g/mol. The zero-order chi connectivity index (χ0) is 23.4. The summed E-state index contributed by atoms with van der Waals surface area (Å²) >= 11 is 0. The molecule has 4 heteroatoms. The van der Waals surface area contributed by atoms with E-state index in [1.807, 2.05) is 0 Å². The van der Waals surface area contributed by atoms with E-state index in [9.17, 15) is 0 Å². The molecule has 32 heavy (non-hydrogen) atoms. The number of ether oxygens (including phenoxy) is 4. The Morgan fingerprint density at radius 3 is 1.31 bits per heavy atom. The summed E-state index contributed by atoms with van der Waals surface area (Å²) in [6.07, 6.45) is 20.8. The topological polar surface area (TPSA) is 36.9 Å². The molecule has 0 amide bonds. The van der Waals surface area contributed by atoms with E-state index in [-0.39, 0.29) is 0 Å². The van der Waals surface area contributed by atoms with Gasteiger partial charge < -0.3 is 18.9 Å². The highest BCUT2D eigenvalue weighted by atomic mass is 16.5. The fraction of sp³-hybridized carbons (Fsp3) is 1.00. The van der Waals surface area contributed by atoms with Gasteiger partial charge in [-0.25, -0.2) is 0 Å². The highest BCUT2D eigenvalue weighted by molar-refractivity contribution is 4.55. The van der Waals surface area contributed by atoms with Gasteiger partial charge in [-0.15, -0.1) is 0 Å². The first-order chi connectivity index (χ1) is 15.8. The van der Waals surface area contributed by atoms with E-state index in [4.69, 9.17) is 18.9 Å². The van der Waals surface area contributed by atoms with Gasteiger partial charge in [-0.2, -0.15) is 0 Å². The quantitative estimate of drug-likeness (QED) is 0.111. The molecule has 194 valence electrons. The first kappa shape index (κ1) is 31.8. The molecule has 0 aliphatic carbocycles. The summed E-state index contributed by atoms with van der Waals surface area (Å²) in [5.41, 5.74) is 0. The van der Waals surface area contributed by atoms with Gasteiger partial charge in [0.25, 0.3) is 0 Å². The molecule has 1 atom stereocenters. The van der Waals surface area contributed by atoms with Crippen LogP contribution < -0.4 is 0 Å². The minimum absolute atomic E-state index is 0.670. The lowest BCUT2D eigenvalue weighted by Crippen LogP contribution is -2.14. The van der Waals surface area contributed by atoms with Crippen LogP contribution >= 0.6 is 0 Å². The summed E-state index contributed by atoms with van der Waals surface area (Å²) in [6.45, 7) is 13.1. The van der Waals surface area contributed by atoms with Crippen LogP contribution in [0, 0.1) is 5.92 Å². The van der Waals surface area contributed by atoms with Crippen LogP contribution in [0.1, 0.15) is 124 Å². The lowest BCUT2D eigenvalue weighted by molar-refractivity contribution is 0.00566. The summed E-state index contributed by atoms with van der Waals surface area (Å²) < 4.78 is 22.8. The molecule has 0 rings (SSSR count). The van der Waals surface area contributed by atoms with Crippen molar-refractivity contribution in [3.63, 3.8) is 0 Å². The Bertz CT molecular complexity index is 325. The molecule has 0 aliphatic heterocycles. The molecule has 0 saturated heterocycles. The van der Waals surface area contributed by atoms with Gasteiger partial charge in [0.1, 0.15) is 0 Å². The van der Waals surface area contributed by atoms with Gasteiger partial charge in [0.05, 0.1) is 26.4 Å². The predicted molar refractivity (Wildman–Crippen MR) is 138 cm³/mol. The molecular weight excluding hydrogens is 400 g/mol. The highest BCUT2D eigenvalue weighted by Crippen LogP contribution is 2.12. The van der Waals surface area contributed by atoms with Crippen molar-refractivity contribution in [2.24, 2.45) is 5.92 Å². The largest absolute Gasteiger partial charge is 0.381 e.